The summed E-state index contributed by atoms with van der Waals surface area (Å²) in [5.41, 5.74) is 5.42. The van der Waals surface area contributed by atoms with Gasteiger partial charge in [0, 0.05) is 41.7 Å². The SMILES string of the molecule is C=C(Nc1cc2cc(-c3cnn(C)c3)ccc2cn1)c1ccc2ncoc2c1. The molecule has 28 heavy (non-hydrogen) atoms. The first kappa shape index (κ1) is 16.3. The summed E-state index contributed by atoms with van der Waals surface area (Å²) in [6, 6.07) is 14.1. The summed E-state index contributed by atoms with van der Waals surface area (Å²) in [5, 5.41) is 9.71. The van der Waals surface area contributed by atoms with E-state index in [-0.39, 0.29) is 0 Å². The number of hydrogen-bond acceptors (Lipinski definition) is 5. The number of nitrogens with one attached hydrogen (secondary N) is 1. The van der Waals surface area contributed by atoms with Crippen molar-refractivity contribution in [1.82, 2.24) is 19.7 Å². The van der Waals surface area contributed by atoms with E-state index in [0.29, 0.717) is 0 Å². The maximum Gasteiger partial charge on any atom is 0.181 e. The number of aromatic nitrogens is 4. The lowest BCUT2D eigenvalue weighted by molar-refractivity contribution is 0.602. The Morgan fingerprint density at radius 3 is 2.79 bits per heavy atom. The van der Waals surface area contributed by atoms with Crippen LogP contribution in [0.25, 0.3) is 38.7 Å². The summed E-state index contributed by atoms with van der Waals surface area (Å²) in [5.74, 6) is 0.735. The molecule has 0 aliphatic heterocycles. The van der Waals surface area contributed by atoms with E-state index in [4.69, 9.17) is 4.42 Å². The van der Waals surface area contributed by atoms with E-state index in [1.54, 1.807) is 4.68 Å². The zero-order chi connectivity index (χ0) is 19.1. The molecule has 0 spiro atoms. The Morgan fingerprint density at radius 1 is 1.00 bits per heavy atom. The van der Waals surface area contributed by atoms with Gasteiger partial charge in [-0.15, -0.1) is 0 Å². The van der Waals surface area contributed by atoms with Gasteiger partial charge in [0.2, 0.25) is 0 Å². The molecule has 0 bridgehead atoms. The molecular weight excluding hydrogens is 350 g/mol. The number of fused-ring (bicyclic) bond motifs is 2. The lowest BCUT2D eigenvalue weighted by Gasteiger charge is -2.10. The Kier molecular flexibility index (Phi) is 3.69. The van der Waals surface area contributed by atoms with Crippen LogP contribution >= 0.6 is 0 Å². The largest absolute Gasteiger partial charge is 0.443 e. The molecule has 0 unspecified atom stereocenters. The number of rotatable bonds is 4. The van der Waals surface area contributed by atoms with Crippen LogP contribution in [0, 0.1) is 0 Å². The van der Waals surface area contributed by atoms with Crippen LogP contribution in [0.15, 0.2) is 78.4 Å². The highest BCUT2D eigenvalue weighted by atomic mass is 16.3. The van der Waals surface area contributed by atoms with Gasteiger partial charge in [-0.3, -0.25) is 4.68 Å². The first-order valence-corrected chi connectivity index (χ1v) is 8.84. The van der Waals surface area contributed by atoms with Crippen molar-refractivity contribution in [3.8, 4) is 11.1 Å². The maximum atomic E-state index is 5.37. The number of benzene rings is 2. The fraction of sp³-hybridized carbons (Fsp3) is 0.0455. The van der Waals surface area contributed by atoms with Gasteiger partial charge in [0.15, 0.2) is 12.0 Å². The molecule has 0 saturated heterocycles. The second-order valence-electron chi connectivity index (χ2n) is 6.67. The Bertz CT molecular complexity index is 1330. The van der Waals surface area contributed by atoms with Gasteiger partial charge in [0.1, 0.15) is 11.3 Å². The Hall–Kier alpha value is -3.93. The molecule has 5 rings (SSSR count). The van der Waals surface area contributed by atoms with Crippen LogP contribution in [0.4, 0.5) is 5.82 Å². The van der Waals surface area contributed by atoms with E-state index in [0.717, 1.165) is 50.1 Å². The van der Waals surface area contributed by atoms with Crippen molar-refractivity contribution in [2.75, 3.05) is 5.32 Å². The van der Waals surface area contributed by atoms with E-state index < -0.39 is 0 Å². The van der Waals surface area contributed by atoms with Gasteiger partial charge in [-0.25, -0.2) is 9.97 Å². The molecule has 1 N–H and O–H groups in total. The summed E-state index contributed by atoms with van der Waals surface area (Å²) < 4.78 is 7.17. The minimum absolute atomic E-state index is 0.730. The summed E-state index contributed by atoms with van der Waals surface area (Å²) >= 11 is 0. The molecule has 6 heteroatoms. The average Bonchev–Trinajstić information content (AvgIpc) is 3.35. The minimum Gasteiger partial charge on any atom is -0.443 e. The number of aryl methyl sites for hydroxylation is 1. The quantitative estimate of drug-likeness (QED) is 0.491. The third kappa shape index (κ3) is 2.91. The highest BCUT2D eigenvalue weighted by Gasteiger charge is 2.07. The third-order valence-corrected chi connectivity index (χ3v) is 4.72. The van der Waals surface area contributed by atoms with Gasteiger partial charge in [-0.05, 0) is 35.2 Å². The number of anilines is 1. The van der Waals surface area contributed by atoms with Gasteiger partial charge < -0.3 is 9.73 Å². The van der Waals surface area contributed by atoms with Crippen molar-refractivity contribution in [2.45, 2.75) is 0 Å². The van der Waals surface area contributed by atoms with Gasteiger partial charge in [0.05, 0.1) is 6.20 Å². The fourth-order valence-electron chi connectivity index (χ4n) is 3.23. The molecule has 3 heterocycles. The number of pyridine rings is 1. The van der Waals surface area contributed by atoms with Gasteiger partial charge in [0.25, 0.3) is 0 Å². The molecule has 0 fully saturated rings. The average molecular weight is 367 g/mol. The van der Waals surface area contributed by atoms with Crippen LogP contribution < -0.4 is 5.32 Å². The Balaban J connectivity index is 1.45. The molecule has 0 amide bonds. The predicted molar refractivity (Wildman–Crippen MR) is 111 cm³/mol. The molecule has 3 aromatic heterocycles. The van der Waals surface area contributed by atoms with Gasteiger partial charge in [-0.2, -0.15) is 5.10 Å². The van der Waals surface area contributed by atoms with Crippen molar-refractivity contribution >= 4 is 33.4 Å². The molecule has 0 aliphatic carbocycles. The number of nitrogens with zero attached hydrogens (tertiary/aromatic N) is 4. The zero-order valence-corrected chi connectivity index (χ0v) is 15.3. The van der Waals surface area contributed by atoms with Crippen molar-refractivity contribution in [2.24, 2.45) is 7.05 Å². The fourth-order valence-corrected chi connectivity index (χ4v) is 3.23. The molecule has 0 saturated carbocycles. The van der Waals surface area contributed by atoms with E-state index in [2.05, 4.69) is 45.2 Å². The molecular formula is C22H17N5O. The van der Waals surface area contributed by atoms with E-state index in [1.807, 2.05) is 49.9 Å². The molecule has 136 valence electrons. The normalized spacial score (nSPS) is 11.2. The second kappa shape index (κ2) is 6.35. The van der Waals surface area contributed by atoms with Crippen molar-refractivity contribution < 1.29 is 4.42 Å². The highest BCUT2D eigenvalue weighted by Crippen LogP contribution is 2.26. The summed E-state index contributed by atoms with van der Waals surface area (Å²) in [7, 11) is 1.91. The third-order valence-electron chi connectivity index (χ3n) is 4.72. The van der Waals surface area contributed by atoms with Crippen LogP contribution in [0.3, 0.4) is 0 Å². The van der Waals surface area contributed by atoms with E-state index in [9.17, 15) is 0 Å². The van der Waals surface area contributed by atoms with Crippen molar-refractivity contribution in [3.63, 3.8) is 0 Å². The van der Waals surface area contributed by atoms with Crippen molar-refractivity contribution in [3.05, 3.63) is 79.6 Å². The second-order valence-corrected chi connectivity index (χ2v) is 6.67. The van der Waals surface area contributed by atoms with Crippen LogP contribution in [0.2, 0.25) is 0 Å². The molecule has 5 aromatic rings. The number of oxazole rings is 1. The Morgan fingerprint density at radius 2 is 1.93 bits per heavy atom. The topological polar surface area (TPSA) is 68.8 Å². The monoisotopic (exact) mass is 367 g/mol. The molecule has 0 atom stereocenters. The first-order valence-electron chi connectivity index (χ1n) is 8.84. The zero-order valence-electron chi connectivity index (χ0n) is 15.3. The smallest absolute Gasteiger partial charge is 0.181 e. The maximum absolute atomic E-state index is 5.37. The first-order chi connectivity index (χ1) is 13.7. The van der Waals surface area contributed by atoms with Gasteiger partial charge in [-0.1, -0.05) is 24.8 Å². The summed E-state index contributed by atoms with van der Waals surface area (Å²) in [6.45, 7) is 4.14. The van der Waals surface area contributed by atoms with Crippen LogP contribution in [0.5, 0.6) is 0 Å². The molecule has 2 aromatic carbocycles. The van der Waals surface area contributed by atoms with E-state index >= 15 is 0 Å². The van der Waals surface area contributed by atoms with E-state index in [1.165, 1.54) is 6.39 Å². The van der Waals surface area contributed by atoms with Crippen LogP contribution in [-0.4, -0.2) is 19.7 Å². The molecule has 6 nitrogen and oxygen atoms in total. The van der Waals surface area contributed by atoms with Crippen molar-refractivity contribution in [1.29, 1.82) is 0 Å². The highest BCUT2D eigenvalue weighted by molar-refractivity contribution is 5.90. The van der Waals surface area contributed by atoms with Crippen LogP contribution in [-0.2, 0) is 7.05 Å². The lowest BCUT2D eigenvalue weighted by Crippen LogP contribution is -1.99. The minimum atomic E-state index is 0.730. The lowest BCUT2D eigenvalue weighted by atomic mass is 10.0. The molecule has 0 aliphatic rings. The van der Waals surface area contributed by atoms with Gasteiger partial charge >= 0.3 is 0 Å². The predicted octanol–water partition coefficient (Wildman–Crippen LogP) is 4.86. The Labute approximate surface area is 161 Å². The summed E-state index contributed by atoms with van der Waals surface area (Å²) in [4.78, 5) is 8.64. The standard InChI is InChI=1S/C22H17N5O/c1-14(15-5-6-20-21(8-15)28-13-24-20)26-22-9-18-7-16(3-4-17(18)10-23-22)19-11-25-27(2)12-19/h3-13H,1H2,2H3,(H,23,26). The molecule has 0 radical (unpaired) electrons. The summed E-state index contributed by atoms with van der Waals surface area (Å²) in [6.07, 6.45) is 7.17. The number of hydrogen-bond donors (Lipinski definition) is 1. The van der Waals surface area contributed by atoms with Crippen LogP contribution in [0.1, 0.15) is 5.56 Å².